The number of benzene rings is 1. The summed E-state index contributed by atoms with van der Waals surface area (Å²) in [4.78, 5) is 20.2. The van der Waals surface area contributed by atoms with Crippen molar-refractivity contribution in [1.82, 2.24) is 5.32 Å². The quantitative estimate of drug-likeness (QED) is 0.187. The third kappa shape index (κ3) is 8.81. The van der Waals surface area contributed by atoms with E-state index in [2.05, 4.69) is 36.4 Å². The molecule has 0 bridgehead atoms. The summed E-state index contributed by atoms with van der Waals surface area (Å²) in [6, 6.07) is 4.06. The number of rotatable bonds is 7. The number of amidine groups is 2. The number of amides is 1. The first-order valence-electron chi connectivity index (χ1n) is 10.2. The summed E-state index contributed by atoms with van der Waals surface area (Å²) < 4.78 is 18.8. The molecule has 0 aromatic heterocycles. The topological polar surface area (TPSA) is 148 Å². The third-order valence-electron chi connectivity index (χ3n) is 4.29. The molecule has 0 atom stereocenters. The molecule has 9 nitrogen and oxygen atoms in total. The number of hydrogen-bond acceptors (Lipinski definition) is 6. The molecule has 0 saturated heterocycles. The number of nitrogens with zero attached hydrogens (tertiary/aromatic N) is 3. The zero-order valence-electron chi connectivity index (χ0n) is 19.1. The lowest BCUT2D eigenvalue weighted by molar-refractivity contribution is 0.0517. The lowest BCUT2D eigenvalue weighted by Gasteiger charge is -2.21. The summed E-state index contributed by atoms with van der Waals surface area (Å²) in [6.45, 7) is 10.1. The van der Waals surface area contributed by atoms with Crippen LogP contribution in [0.3, 0.4) is 0 Å². The smallest absolute Gasteiger partial charge is 0.407 e. The maximum absolute atomic E-state index is 13.3. The van der Waals surface area contributed by atoms with Gasteiger partial charge in [-0.05, 0) is 67.7 Å². The molecule has 0 heterocycles. The van der Waals surface area contributed by atoms with Gasteiger partial charge >= 0.3 is 6.09 Å². The predicted molar refractivity (Wildman–Crippen MR) is 128 cm³/mol. The zero-order valence-corrected chi connectivity index (χ0v) is 20.7. The Morgan fingerprint density at radius 2 is 1.91 bits per heavy atom. The monoisotopic (exact) mass is 514 g/mol. The van der Waals surface area contributed by atoms with Gasteiger partial charge in [0.15, 0.2) is 17.4 Å². The van der Waals surface area contributed by atoms with E-state index < -0.39 is 17.5 Å². The van der Waals surface area contributed by atoms with Crippen molar-refractivity contribution in [3.8, 4) is 0 Å². The van der Waals surface area contributed by atoms with Crippen molar-refractivity contribution in [2.24, 2.45) is 32.0 Å². The van der Waals surface area contributed by atoms with E-state index in [1.807, 2.05) is 13.8 Å². The van der Waals surface area contributed by atoms with E-state index in [-0.39, 0.29) is 27.3 Å². The standard InChI is InChI=1S/C19H26BrFN6O3.C2H6/c1-18(2,3)30-17(28)25-10-19(6-7-19)9-24-15(22)14(27-29)16(23)26-11-4-5-13(21)12(20)8-11;1-2/h4-5,8,29H,6-7,9-10H2,1-3H3,(H2,22,24)(H2,23,26)(H,25,28);1-2H3/b27-14+;. The molecular weight excluding hydrogens is 483 g/mol. The van der Waals surface area contributed by atoms with Crippen LogP contribution in [0, 0.1) is 11.2 Å². The van der Waals surface area contributed by atoms with E-state index in [1.54, 1.807) is 20.8 Å². The summed E-state index contributed by atoms with van der Waals surface area (Å²) in [5, 5.41) is 15.1. The highest BCUT2D eigenvalue weighted by Gasteiger charge is 2.43. The van der Waals surface area contributed by atoms with Crippen LogP contribution in [0.2, 0.25) is 0 Å². The first kappa shape index (κ1) is 27.3. The van der Waals surface area contributed by atoms with Gasteiger partial charge in [0, 0.05) is 18.5 Å². The van der Waals surface area contributed by atoms with E-state index in [0.29, 0.717) is 18.8 Å². The fourth-order valence-corrected chi connectivity index (χ4v) is 2.82. The molecule has 32 heavy (non-hydrogen) atoms. The summed E-state index contributed by atoms with van der Waals surface area (Å²) in [6.07, 6.45) is 1.22. The number of oxime groups is 1. The average molecular weight is 515 g/mol. The van der Waals surface area contributed by atoms with Crippen molar-refractivity contribution >= 4 is 45.1 Å². The summed E-state index contributed by atoms with van der Waals surface area (Å²) in [5.74, 6) is -0.711. The van der Waals surface area contributed by atoms with Gasteiger partial charge in [-0.1, -0.05) is 19.0 Å². The van der Waals surface area contributed by atoms with E-state index >= 15 is 0 Å². The SMILES string of the molecule is CC.CC(C)(C)OC(=O)NCC1(CN=C(N)/C(=N\O)C(N)=Nc2ccc(F)c(Br)c2)CC1. The Hall–Kier alpha value is -2.69. The Morgan fingerprint density at radius 1 is 1.28 bits per heavy atom. The van der Waals surface area contributed by atoms with Gasteiger partial charge in [0.1, 0.15) is 11.4 Å². The molecule has 11 heteroatoms. The number of hydrogen-bond donors (Lipinski definition) is 4. The molecule has 0 spiro atoms. The first-order valence-corrected chi connectivity index (χ1v) is 11.0. The molecule has 1 fully saturated rings. The maximum Gasteiger partial charge on any atom is 0.407 e. The molecule has 0 radical (unpaired) electrons. The van der Waals surface area contributed by atoms with Crippen LogP contribution in [0.5, 0.6) is 0 Å². The van der Waals surface area contributed by atoms with Crippen molar-refractivity contribution in [2.45, 2.75) is 53.1 Å². The molecular formula is C21H32BrFN6O3. The number of ether oxygens (including phenoxy) is 1. The van der Waals surface area contributed by atoms with Crippen LogP contribution in [0.1, 0.15) is 47.5 Å². The van der Waals surface area contributed by atoms with Crippen LogP contribution in [0.4, 0.5) is 14.9 Å². The minimum Gasteiger partial charge on any atom is -0.444 e. The highest BCUT2D eigenvalue weighted by Crippen LogP contribution is 2.45. The van der Waals surface area contributed by atoms with Gasteiger partial charge in [0.25, 0.3) is 0 Å². The van der Waals surface area contributed by atoms with Crippen LogP contribution >= 0.6 is 15.9 Å². The van der Waals surface area contributed by atoms with E-state index in [1.165, 1.54) is 18.2 Å². The molecule has 0 aliphatic heterocycles. The lowest BCUT2D eigenvalue weighted by atomic mass is 10.1. The first-order chi connectivity index (χ1) is 14.9. The molecule has 1 aromatic rings. The van der Waals surface area contributed by atoms with Crippen LogP contribution in [0.15, 0.2) is 37.8 Å². The van der Waals surface area contributed by atoms with Crippen molar-refractivity contribution in [1.29, 1.82) is 0 Å². The Bertz CT molecular complexity index is 892. The van der Waals surface area contributed by atoms with E-state index in [4.69, 9.17) is 16.2 Å². The van der Waals surface area contributed by atoms with Crippen LogP contribution < -0.4 is 16.8 Å². The Kier molecular flexibility index (Phi) is 10.1. The van der Waals surface area contributed by atoms with E-state index in [0.717, 1.165) is 12.8 Å². The second kappa shape index (κ2) is 11.8. The number of carbonyl (C=O) groups excluding carboxylic acids is 1. The van der Waals surface area contributed by atoms with Crippen molar-refractivity contribution in [3.05, 3.63) is 28.5 Å². The zero-order chi connectivity index (χ0) is 24.5. The second-order valence-corrected chi connectivity index (χ2v) is 8.96. The molecule has 1 aliphatic rings. The van der Waals surface area contributed by atoms with Gasteiger partial charge in [0.05, 0.1) is 10.2 Å². The van der Waals surface area contributed by atoms with Gasteiger partial charge in [-0.15, -0.1) is 0 Å². The highest BCUT2D eigenvalue weighted by molar-refractivity contribution is 9.10. The number of alkyl carbamates (subject to hydrolysis) is 1. The summed E-state index contributed by atoms with van der Waals surface area (Å²) in [7, 11) is 0. The van der Waals surface area contributed by atoms with Gasteiger partial charge < -0.3 is 26.7 Å². The van der Waals surface area contributed by atoms with Crippen molar-refractivity contribution in [2.75, 3.05) is 13.1 Å². The van der Waals surface area contributed by atoms with Gasteiger partial charge in [-0.2, -0.15) is 0 Å². The number of aliphatic imine (C=N–C) groups is 2. The molecule has 1 amide bonds. The largest absolute Gasteiger partial charge is 0.444 e. The normalized spacial score (nSPS) is 16.0. The summed E-state index contributed by atoms with van der Waals surface area (Å²) in [5.41, 5.74) is 11.2. The highest BCUT2D eigenvalue weighted by atomic mass is 79.9. The number of halogens is 2. The minimum atomic E-state index is -0.577. The maximum atomic E-state index is 13.3. The minimum absolute atomic E-state index is 0.0940. The Morgan fingerprint density at radius 3 is 2.41 bits per heavy atom. The Labute approximate surface area is 196 Å². The van der Waals surface area contributed by atoms with Crippen molar-refractivity contribution in [3.63, 3.8) is 0 Å². The van der Waals surface area contributed by atoms with Gasteiger partial charge in [-0.3, -0.25) is 4.99 Å². The van der Waals surface area contributed by atoms with Crippen LogP contribution in [-0.4, -0.2) is 47.4 Å². The second-order valence-electron chi connectivity index (χ2n) is 8.10. The Balaban J connectivity index is 0.00000249. The molecule has 178 valence electrons. The lowest BCUT2D eigenvalue weighted by Crippen LogP contribution is -2.38. The molecule has 1 saturated carbocycles. The van der Waals surface area contributed by atoms with Crippen molar-refractivity contribution < 1.29 is 19.1 Å². The van der Waals surface area contributed by atoms with E-state index in [9.17, 15) is 14.4 Å². The summed E-state index contributed by atoms with van der Waals surface area (Å²) >= 11 is 3.06. The van der Waals surface area contributed by atoms with Gasteiger partial charge in [0.2, 0.25) is 0 Å². The number of nitrogens with two attached hydrogens (primary N) is 2. The van der Waals surface area contributed by atoms with Gasteiger partial charge in [-0.25, -0.2) is 14.2 Å². The van der Waals surface area contributed by atoms with Crippen LogP contribution in [0.25, 0.3) is 0 Å². The fraction of sp³-hybridized carbons (Fsp3) is 0.524. The predicted octanol–water partition coefficient (Wildman–Crippen LogP) is 4.10. The third-order valence-corrected chi connectivity index (χ3v) is 4.89. The molecule has 0 unspecified atom stereocenters. The molecule has 1 aromatic carbocycles. The molecule has 6 N–H and O–H groups in total. The molecule has 2 rings (SSSR count). The molecule has 1 aliphatic carbocycles. The average Bonchev–Trinajstić information content (AvgIpc) is 3.49. The fourth-order valence-electron chi connectivity index (χ4n) is 2.45. The number of nitrogens with one attached hydrogen (secondary N) is 1. The number of carbonyl (C=O) groups is 1. The van der Waals surface area contributed by atoms with Crippen LogP contribution in [-0.2, 0) is 4.74 Å².